The lowest BCUT2D eigenvalue weighted by atomic mass is 10.0. The molecule has 0 unspecified atom stereocenters. The van der Waals surface area contributed by atoms with Gasteiger partial charge in [0.05, 0.1) is 6.61 Å². The average Bonchev–Trinajstić information content (AvgIpc) is 2.09. The van der Waals surface area contributed by atoms with Crippen LogP contribution < -0.4 is 4.74 Å². The van der Waals surface area contributed by atoms with Gasteiger partial charge < -0.3 is 4.74 Å². The number of hydrogen-bond donors (Lipinski definition) is 0. The van der Waals surface area contributed by atoms with Crippen molar-refractivity contribution in [1.82, 2.24) is 0 Å². The fourth-order valence-corrected chi connectivity index (χ4v) is 1.66. The Labute approximate surface area is 80.7 Å². The van der Waals surface area contributed by atoms with Gasteiger partial charge in [-0.25, -0.2) is 0 Å². The van der Waals surface area contributed by atoms with E-state index in [-0.39, 0.29) is 0 Å². The molecule has 1 nitrogen and oxygen atoms in total. The summed E-state index contributed by atoms with van der Waals surface area (Å²) in [5.74, 6) is 1.08. The molecule has 0 aliphatic carbocycles. The molecule has 1 aromatic rings. The molecule has 0 fully saturated rings. The molecule has 0 aliphatic heterocycles. The van der Waals surface area contributed by atoms with Gasteiger partial charge >= 0.3 is 0 Å². The van der Waals surface area contributed by atoms with Crippen LogP contribution in [0.25, 0.3) is 0 Å². The van der Waals surface area contributed by atoms with Crippen LogP contribution in [0.1, 0.15) is 30.5 Å². The normalized spacial score (nSPS) is 10.2. The van der Waals surface area contributed by atoms with E-state index < -0.39 is 0 Å². The fourth-order valence-electron chi connectivity index (χ4n) is 1.66. The fraction of sp³-hybridized carbons (Fsp3) is 0.500. The molecule has 1 rings (SSSR count). The molecule has 0 aliphatic rings. The summed E-state index contributed by atoms with van der Waals surface area (Å²) in [5.41, 5.74) is 3.89. The van der Waals surface area contributed by atoms with Crippen LogP contribution in [0.2, 0.25) is 0 Å². The zero-order chi connectivity index (χ0) is 9.84. The van der Waals surface area contributed by atoms with Crippen molar-refractivity contribution in [2.45, 2.75) is 34.1 Å². The number of benzene rings is 1. The van der Waals surface area contributed by atoms with Crippen LogP contribution in [0.4, 0.5) is 0 Å². The Morgan fingerprint density at radius 1 is 1.15 bits per heavy atom. The zero-order valence-corrected chi connectivity index (χ0v) is 8.98. The Morgan fingerprint density at radius 2 is 1.85 bits per heavy atom. The topological polar surface area (TPSA) is 9.23 Å². The molecular weight excluding hydrogens is 160 g/mol. The summed E-state index contributed by atoms with van der Waals surface area (Å²) in [5, 5.41) is 0. The summed E-state index contributed by atoms with van der Waals surface area (Å²) in [6.07, 6.45) is 1.04. The molecule has 0 saturated carbocycles. The molecular formula is C12H18O. The summed E-state index contributed by atoms with van der Waals surface area (Å²) >= 11 is 0. The largest absolute Gasteiger partial charge is 0.493 e. The first-order chi connectivity index (χ1) is 6.19. The molecule has 0 heterocycles. The average molecular weight is 178 g/mol. The highest BCUT2D eigenvalue weighted by Gasteiger charge is 2.05. The van der Waals surface area contributed by atoms with E-state index in [1.807, 2.05) is 6.92 Å². The molecule has 0 radical (unpaired) electrons. The molecule has 1 heteroatoms. The van der Waals surface area contributed by atoms with Gasteiger partial charge in [-0.2, -0.15) is 0 Å². The molecule has 0 atom stereocenters. The minimum absolute atomic E-state index is 0.747. The summed E-state index contributed by atoms with van der Waals surface area (Å²) in [7, 11) is 0. The molecule has 0 saturated heterocycles. The zero-order valence-electron chi connectivity index (χ0n) is 8.98. The van der Waals surface area contributed by atoms with E-state index in [9.17, 15) is 0 Å². The molecule has 0 spiro atoms. The SMILES string of the molecule is CCOc1c(C)cc(C)cc1CC. The molecule has 0 bridgehead atoms. The van der Waals surface area contributed by atoms with Gasteiger partial charge in [-0.15, -0.1) is 0 Å². The van der Waals surface area contributed by atoms with Crippen LogP contribution in [-0.2, 0) is 6.42 Å². The second-order valence-electron chi connectivity index (χ2n) is 3.36. The number of hydrogen-bond acceptors (Lipinski definition) is 1. The molecule has 0 N–H and O–H groups in total. The van der Waals surface area contributed by atoms with Crippen molar-refractivity contribution in [3.05, 3.63) is 28.8 Å². The number of rotatable bonds is 3. The molecule has 1 aromatic carbocycles. The van der Waals surface area contributed by atoms with Crippen molar-refractivity contribution >= 4 is 0 Å². The Morgan fingerprint density at radius 3 is 2.38 bits per heavy atom. The Hall–Kier alpha value is -0.980. The van der Waals surface area contributed by atoms with Gasteiger partial charge in [0.2, 0.25) is 0 Å². The van der Waals surface area contributed by atoms with Gasteiger partial charge in [-0.05, 0) is 38.3 Å². The van der Waals surface area contributed by atoms with E-state index in [4.69, 9.17) is 4.74 Å². The first kappa shape index (κ1) is 10.1. The number of ether oxygens (including phenoxy) is 1. The standard InChI is InChI=1S/C12H18O/c1-5-11-8-9(3)7-10(4)12(11)13-6-2/h7-8H,5-6H2,1-4H3. The van der Waals surface area contributed by atoms with Crippen LogP contribution in [0, 0.1) is 13.8 Å². The Balaban J connectivity index is 3.13. The van der Waals surface area contributed by atoms with Crippen LogP contribution >= 0.6 is 0 Å². The highest BCUT2D eigenvalue weighted by molar-refractivity contribution is 5.43. The molecule has 72 valence electrons. The summed E-state index contributed by atoms with van der Waals surface area (Å²) in [6.45, 7) is 9.17. The highest BCUT2D eigenvalue weighted by atomic mass is 16.5. The van der Waals surface area contributed by atoms with E-state index in [0.717, 1.165) is 18.8 Å². The monoisotopic (exact) mass is 178 g/mol. The second-order valence-corrected chi connectivity index (χ2v) is 3.36. The van der Waals surface area contributed by atoms with Gasteiger partial charge in [0, 0.05) is 0 Å². The predicted molar refractivity (Wildman–Crippen MR) is 56.5 cm³/mol. The van der Waals surface area contributed by atoms with E-state index in [1.54, 1.807) is 0 Å². The first-order valence-corrected chi connectivity index (χ1v) is 4.92. The smallest absolute Gasteiger partial charge is 0.125 e. The molecule has 0 amide bonds. The summed E-state index contributed by atoms with van der Waals surface area (Å²) < 4.78 is 5.61. The quantitative estimate of drug-likeness (QED) is 0.690. The third kappa shape index (κ3) is 2.24. The van der Waals surface area contributed by atoms with Crippen LogP contribution in [0.3, 0.4) is 0 Å². The lowest BCUT2D eigenvalue weighted by Crippen LogP contribution is -1.99. The third-order valence-corrected chi connectivity index (χ3v) is 2.17. The van der Waals surface area contributed by atoms with Gasteiger partial charge in [0.15, 0.2) is 0 Å². The Kier molecular flexibility index (Phi) is 3.35. The van der Waals surface area contributed by atoms with Crippen molar-refractivity contribution in [2.75, 3.05) is 6.61 Å². The summed E-state index contributed by atoms with van der Waals surface area (Å²) in [6, 6.07) is 4.38. The predicted octanol–water partition coefficient (Wildman–Crippen LogP) is 3.26. The van der Waals surface area contributed by atoms with E-state index in [1.165, 1.54) is 16.7 Å². The lowest BCUT2D eigenvalue weighted by Gasteiger charge is -2.12. The van der Waals surface area contributed by atoms with Crippen LogP contribution in [0.15, 0.2) is 12.1 Å². The van der Waals surface area contributed by atoms with E-state index >= 15 is 0 Å². The van der Waals surface area contributed by atoms with Crippen LogP contribution in [-0.4, -0.2) is 6.61 Å². The maximum Gasteiger partial charge on any atom is 0.125 e. The summed E-state index contributed by atoms with van der Waals surface area (Å²) in [4.78, 5) is 0. The molecule has 0 aromatic heterocycles. The maximum atomic E-state index is 5.61. The van der Waals surface area contributed by atoms with Crippen molar-refractivity contribution in [3.63, 3.8) is 0 Å². The lowest BCUT2D eigenvalue weighted by molar-refractivity contribution is 0.334. The van der Waals surface area contributed by atoms with Crippen molar-refractivity contribution in [2.24, 2.45) is 0 Å². The first-order valence-electron chi connectivity index (χ1n) is 4.92. The van der Waals surface area contributed by atoms with Crippen molar-refractivity contribution in [1.29, 1.82) is 0 Å². The maximum absolute atomic E-state index is 5.61. The van der Waals surface area contributed by atoms with Gasteiger partial charge in [-0.3, -0.25) is 0 Å². The van der Waals surface area contributed by atoms with E-state index in [0.29, 0.717) is 0 Å². The third-order valence-electron chi connectivity index (χ3n) is 2.17. The van der Waals surface area contributed by atoms with Gasteiger partial charge in [0.1, 0.15) is 5.75 Å². The van der Waals surface area contributed by atoms with E-state index in [2.05, 4.69) is 32.9 Å². The van der Waals surface area contributed by atoms with Crippen LogP contribution in [0.5, 0.6) is 5.75 Å². The molecule has 13 heavy (non-hydrogen) atoms. The Bertz CT molecular complexity index is 289. The van der Waals surface area contributed by atoms with Crippen molar-refractivity contribution < 1.29 is 4.74 Å². The minimum atomic E-state index is 0.747. The minimum Gasteiger partial charge on any atom is -0.493 e. The highest BCUT2D eigenvalue weighted by Crippen LogP contribution is 2.25. The van der Waals surface area contributed by atoms with Gasteiger partial charge in [-0.1, -0.05) is 24.6 Å². The van der Waals surface area contributed by atoms with Crippen molar-refractivity contribution in [3.8, 4) is 5.75 Å². The number of aryl methyl sites for hydroxylation is 3. The second kappa shape index (κ2) is 4.31. The van der Waals surface area contributed by atoms with Gasteiger partial charge in [0.25, 0.3) is 0 Å².